The van der Waals surface area contributed by atoms with Crippen LogP contribution in [0.3, 0.4) is 0 Å². The Kier molecular flexibility index (Phi) is 2.85. The number of hydrogen-bond acceptors (Lipinski definition) is 4. The van der Waals surface area contributed by atoms with Crippen LogP contribution in [0.25, 0.3) is 17.2 Å². The monoisotopic (exact) mass is 344 g/mol. The van der Waals surface area contributed by atoms with Crippen LogP contribution in [0.1, 0.15) is 11.1 Å². The zero-order valence-electron chi connectivity index (χ0n) is 10.3. The Balaban J connectivity index is 1.78. The maximum atomic E-state index is 4.34. The molecule has 1 aliphatic carbocycles. The fraction of sp³-hybridized carbons (Fsp3) is 0.0714. The highest BCUT2D eigenvalue weighted by Gasteiger charge is 2.13. The summed E-state index contributed by atoms with van der Waals surface area (Å²) in [6.45, 7) is 0. The molecular formula is C14H9BrN4S. The van der Waals surface area contributed by atoms with Gasteiger partial charge in [-0.25, -0.2) is 15.0 Å². The second kappa shape index (κ2) is 4.71. The van der Waals surface area contributed by atoms with Gasteiger partial charge in [-0.05, 0) is 29.7 Å². The highest BCUT2D eigenvalue weighted by Crippen LogP contribution is 2.36. The van der Waals surface area contributed by atoms with E-state index >= 15 is 0 Å². The van der Waals surface area contributed by atoms with Gasteiger partial charge in [0.25, 0.3) is 0 Å². The van der Waals surface area contributed by atoms with Gasteiger partial charge >= 0.3 is 0 Å². The summed E-state index contributed by atoms with van der Waals surface area (Å²) in [6.07, 6.45) is 8.54. The van der Waals surface area contributed by atoms with Crippen LogP contribution in [-0.2, 0) is 6.42 Å². The summed E-state index contributed by atoms with van der Waals surface area (Å²) in [5.41, 5.74) is 4.20. The van der Waals surface area contributed by atoms with E-state index in [4.69, 9.17) is 0 Å². The quantitative estimate of drug-likeness (QED) is 0.717. The summed E-state index contributed by atoms with van der Waals surface area (Å²) < 4.78 is 1.15. The Labute approximate surface area is 127 Å². The minimum Gasteiger partial charge on any atom is -0.341 e. The molecule has 6 heteroatoms. The first kappa shape index (κ1) is 12.1. The van der Waals surface area contributed by atoms with Gasteiger partial charge in [0.2, 0.25) is 0 Å². The van der Waals surface area contributed by atoms with Crippen LogP contribution < -0.4 is 0 Å². The second-order valence-corrected chi connectivity index (χ2v) is 6.38. The van der Waals surface area contributed by atoms with Crippen molar-refractivity contribution in [1.82, 2.24) is 19.9 Å². The van der Waals surface area contributed by atoms with E-state index in [0.29, 0.717) is 5.65 Å². The molecule has 0 fully saturated rings. The Bertz CT molecular complexity index is 840. The third-order valence-electron chi connectivity index (χ3n) is 3.23. The van der Waals surface area contributed by atoms with E-state index < -0.39 is 0 Å². The highest BCUT2D eigenvalue weighted by atomic mass is 79.9. The van der Waals surface area contributed by atoms with Gasteiger partial charge in [0.15, 0.2) is 5.65 Å². The molecule has 0 amide bonds. The molecule has 0 spiro atoms. The van der Waals surface area contributed by atoms with E-state index in [2.05, 4.69) is 60.2 Å². The van der Waals surface area contributed by atoms with Gasteiger partial charge in [0.1, 0.15) is 16.9 Å². The van der Waals surface area contributed by atoms with Crippen molar-refractivity contribution in [3.63, 3.8) is 0 Å². The molecule has 2 aromatic heterocycles. The van der Waals surface area contributed by atoms with Crippen molar-refractivity contribution in [2.24, 2.45) is 0 Å². The van der Waals surface area contributed by atoms with Gasteiger partial charge in [0.05, 0.1) is 6.33 Å². The molecule has 20 heavy (non-hydrogen) atoms. The average molecular weight is 345 g/mol. The first-order chi connectivity index (χ1) is 9.81. The van der Waals surface area contributed by atoms with Gasteiger partial charge in [-0.2, -0.15) is 0 Å². The molecule has 0 saturated carbocycles. The number of imidazole rings is 1. The lowest BCUT2D eigenvalue weighted by molar-refractivity contribution is 1.08. The Morgan fingerprint density at radius 3 is 3.10 bits per heavy atom. The zero-order valence-corrected chi connectivity index (χ0v) is 12.7. The average Bonchev–Trinajstić information content (AvgIpc) is 3.06. The molecule has 0 saturated heterocycles. The number of halogens is 1. The van der Waals surface area contributed by atoms with Crippen LogP contribution >= 0.6 is 27.7 Å². The standard InChI is InChI=1S/C14H9BrN4S/c15-11-5-9(4-8-2-1-3-10(8)11)20-14-12-13(17-6-16-12)18-7-19-14/h1-2,4-7H,3H2,(H,16,17,18,19). The third kappa shape index (κ3) is 1.96. The molecule has 2 heterocycles. The molecule has 3 aromatic rings. The van der Waals surface area contributed by atoms with Crippen LogP contribution in [0.2, 0.25) is 0 Å². The van der Waals surface area contributed by atoms with Gasteiger partial charge in [-0.15, -0.1) is 0 Å². The molecule has 1 N–H and O–H groups in total. The molecule has 0 unspecified atom stereocenters. The number of aromatic nitrogens is 4. The van der Waals surface area contributed by atoms with E-state index in [1.165, 1.54) is 11.1 Å². The Morgan fingerprint density at radius 1 is 1.20 bits per heavy atom. The number of rotatable bonds is 2. The Hall–Kier alpha value is -1.66. The first-order valence-electron chi connectivity index (χ1n) is 6.12. The van der Waals surface area contributed by atoms with Crippen molar-refractivity contribution < 1.29 is 0 Å². The normalized spacial score (nSPS) is 13.1. The fourth-order valence-corrected chi connectivity index (χ4v) is 4.02. The van der Waals surface area contributed by atoms with Crippen LogP contribution in [0, 0.1) is 0 Å². The van der Waals surface area contributed by atoms with Gasteiger partial charge in [0, 0.05) is 9.37 Å². The summed E-state index contributed by atoms with van der Waals surface area (Å²) >= 11 is 5.26. The van der Waals surface area contributed by atoms with Crippen molar-refractivity contribution in [1.29, 1.82) is 0 Å². The number of nitrogens with one attached hydrogen (secondary N) is 1. The number of hydrogen-bond donors (Lipinski definition) is 1. The molecule has 1 aliphatic rings. The van der Waals surface area contributed by atoms with E-state index in [0.717, 1.165) is 26.3 Å². The number of fused-ring (bicyclic) bond motifs is 2. The van der Waals surface area contributed by atoms with Crippen molar-refractivity contribution in [2.75, 3.05) is 0 Å². The molecular weight excluding hydrogens is 336 g/mol. The van der Waals surface area contributed by atoms with Crippen molar-refractivity contribution in [3.8, 4) is 0 Å². The highest BCUT2D eigenvalue weighted by molar-refractivity contribution is 9.10. The Morgan fingerprint density at radius 2 is 2.15 bits per heavy atom. The van der Waals surface area contributed by atoms with Gasteiger partial charge < -0.3 is 4.98 Å². The number of benzene rings is 1. The van der Waals surface area contributed by atoms with Crippen LogP contribution in [0.15, 0.2) is 45.3 Å². The van der Waals surface area contributed by atoms with Crippen molar-refractivity contribution in [2.45, 2.75) is 16.3 Å². The maximum Gasteiger partial charge on any atom is 0.181 e. The van der Waals surface area contributed by atoms with E-state index in [1.807, 2.05) is 0 Å². The molecule has 4 rings (SSSR count). The largest absolute Gasteiger partial charge is 0.341 e. The minimum atomic E-state index is 0.697. The lowest BCUT2D eigenvalue weighted by Gasteiger charge is -2.07. The topological polar surface area (TPSA) is 54.5 Å². The molecule has 0 aliphatic heterocycles. The van der Waals surface area contributed by atoms with E-state index in [9.17, 15) is 0 Å². The summed E-state index contributed by atoms with van der Waals surface area (Å²) in [7, 11) is 0. The predicted molar refractivity (Wildman–Crippen MR) is 82.7 cm³/mol. The minimum absolute atomic E-state index is 0.697. The smallest absolute Gasteiger partial charge is 0.181 e. The lowest BCUT2D eigenvalue weighted by atomic mass is 10.1. The summed E-state index contributed by atoms with van der Waals surface area (Å²) in [6, 6.07) is 4.33. The molecule has 0 bridgehead atoms. The summed E-state index contributed by atoms with van der Waals surface area (Å²) in [5.74, 6) is 0. The SMILES string of the molecule is Brc1cc(Sc2ncnc3nc[nH]c23)cc2c1CC=C2. The predicted octanol–water partition coefficient (Wildman–Crippen LogP) is 3.84. The van der Waals surface area contributed by atoms with Crippen LogP contribution in [0.4, 0.5) is 0 Å². The maximum absolute atomic E-state index is 4.34. The summed E-state index contributed by atoms with van der Waals surface area (Å²) in [5, 5.41) is 0.890. The first-order valence-corrected chi connectivity index (χ1v) is 7.73. The number of aromatic amines is 1. The van der Waals surface area contributed by atoms with E-state index in [-0.39, 0.29) is 0 Å². The molecule has 1 aromatic carbocycles. The molecule has 98 valence electrons. The zero-order chi connectivity index (χ0) is 13.5. The molecule has 0 radical (unpaired) electrons. The molecule has 4 nitrogen and oxygen atoms in total. The number of allylic oxidation sites excluding steroid dienone is 1. The second-order valence-electron chi connectivity index (χ2n) is 4.46. The molecule has 0 atom stereocenters. The van der Waals surface area contributed by atoms with Gasteiger partial charge in [-0.1, -0.05) is 39.8 Å². The summed E-state index contributed by atoms with van der Waals surface area (Å²) in [4.78, 5) is 16.9. The van der Waals surface area contributed by atoms with Crippen LogP contribution in [-0.4, -0.2) is 19.9 Å². The van der Waals surface area contributed by atoms with Gasteiger partial charge in [-0.3, -0.25) is 0 Å². The number of nitrogens with zero attached hydrogens (tertiary/aromatic N) is 3. The van der Waals surface area contributed by atoms with Crippen molar-refractivity contribution >= 4 is 44.9 Å². The fourth-order valence-electron chi connectivity index (χ4n) is 2.29. The lowest BCUT2D eigenvalue weighted by Crippen LogP contribution is -1.88. The number of H-pyrrole nitrogens is 1. The third-order valence-corrected chi connectivity index (χ3v) is 4.91. The van der Waals surface area contributed by atoms with Crippen molar-refractivity contribution in [3.05, 3.63) is 46.5 Å². The van der Waals surface area contributed by atoms with E-state index in [1.54, 1.807) is 24.4 Å². The van der Waals surface area contributed by atoms with Crippen LogP contribution in [0.5, 0.6) is 0 Å².